The molecule has 1 aromatic heterocycles. The molecule has 0 saturated carbocycles. The van der Waals surface area contributed by atoms with Crippen LogP contribution >= 0.6 is 23.2 Å². The molecule has 0 bridgehead atoms. The standard InChI is InChI=1S/C17H13Cl2N3O/c18-14-7-6-12(16(19)8-14)9-20-17(23)13-10-21-22(11-13)15-4-2-1-3-5-15/h1-8,10-11H,9H2,(H,20,23). The summed E-state index contributed by atoms with van der Waals surface area (Å²) in [5, 5.41) is 8.11. The number of rotatable bonds is 4. The first-order valence-corrected chi connectivity index (χ1v) is 7.71. The van der Waals surface area contributed by atoms with Gasteiger partial charge in [-0.25, -0.2) is 4.68 Å². The number of aromatic nitrogens is 2. The second-order valence-electron chi connectivity index (χ2n) is 4.93. The molecule has 0 fully saturated rings. The highest BCUT2D eigenvalue weighted by atomic mass is 35.5. The van der Waals surface area contributed by atoms with Crippen molar-refractivity contribution in [2.24, 2.45) is 0 Å². The first kappa shape index (κ1) is 15.6. The van der Waals surface area contributed by atoms with Gasteiger partial charge in [-0.15, -0.1) is 0 Å². The largest absolute Gasteiger partial charge is 0.348 e. The van der Waals surface area contributed by atoms with Crippen molar-refractivity contribution in [1.82, 2.24) is 15.1 Å². The van der Waals surface area contributed by atoms with E-state index >= 15 is 0 Å². The van der Waals surface area contributed by atoms with Crippen LogP contribution in [0.3, 0.4) is 0 Å². The number of halogens is 2. The fraction of sp³-hybridized carbons (Fsp3) is 0.0588. The molecule has 0 spiro atoms. The average molecular weight is 346 g/mol. The van der Waals surface area contributed by atoms with Gasteiger partial charge in [0.05, 0.1) is 17.4 Å². The van der Waals surface area contributed by atoms with Crippen LogP contribution in [-0.2, 0) is 6.54 Å². The van der Waals surface area contributed by atoms with E-state index in [1.807, 2.05) is 30.3 Å². The molecule has 23 heavy (non-hydrogen) atoms. The minimum absolute atomic E-state index is 0.210. The summed E-state index contributed by atoms with van der Waals surface area (Å²) in [7, 11) is 0. The van der Waals surface area contributed by atoms with Gasteiger partial charge < -0.3 is 5.32 Å². The number of hydrogen-bond acceptors (Lipinski definition) is 2. The summed E-state index contributed by atoms with van der Waals surface area (Å²) in [6.07, 6.45) is 3.22. The minimum Gasteiger partial charge on any atom is -0.348 e. The summed E-state index contributed by atoms with van der Waals surface area (Å²) >= 11 is 11.9. The molecule has 0 aliphatic rings. The Hall–Kier alpha value is -2.30. The maximum Gasteiger partial charge on any atom is 0.254 e. The predicted molar refractivity (Wildman–Crippen MR) is 91.2 cm³/mol. The van der Waals surface area contributed by atoms with Crippen molar-refractivity contribution < 1.29 is 4.79 Å². The number of hydrogen-bond donors (Lipinski definition) is 1. The number of benzene rings is 2. The molecule has 1 amide bonds. The van der Waals surface area contributed by atoms with Crippen LogP contribution in [0.5, 0.6) is 0 Å². The molecular weight excluding hydrogens is 333 g/mol. The summed E-state index contributed by atoms with van der Waals surface area (Å²) in [6.45, 7) is 0.325. The zero-order chi connectivity index (χ0) is 16.2. The van der Waals surface area contributed by atoms with E-state index < -0.39 is 0 Å². The fourth-order valence-corrected chi connectivity index (χ4v) is 2.58. The highest BCUT2D eigenvalue weighted by Crippen LogP contribution is 2.20. The zero-order valence-corrected chi connectivity index (χ0v) is 13.6. The van der Waals surface area contributed by atoms with Gasteiger partial charge in [-0.05, 0) is 29.8 Å². The van der Waals surface area contributed by atoms with E-state index in [4.69, 9.17) is 23.2 Å². The maximum absolute atomic E-state index is 12.2. The molecule has 0 aliphatic carbocycles. The number of para-hydroxylation sites is 1. The Labute approximate surface area is 143 Å². The molecule has 116 valence electrons. The summed E-state index contributed by atoms with van der Waals surface area (Å²) in [5.74, 6) is -0.210. The summed E-state index contributed by atoms with van der Waals surface area (Å²) in [4.78, 5) is 12.2. The quantitative estimate of drug-likeness (QED) is 0.773. The zero-order valence-electron chi connectivity index (χ0n) is 12.0. The molecule has 0 saturated heterocycles. The monoisotopic (exact) mass is 345 g/mol. The fourth-order valence-electron chi connectivity index (χ4n) is 2.10. The van der Waals surface area contributed by atoms with Crippen molar-refractivity contribution in [3.8, 4) is 5.69 Å². The van der Waals surface area contributed by atoms with Crippen LogP contribution in [0.4, 0.5) is 0 Å². The molecule has 0 aliphatic heterocycles. The van der Waals surface area contributed by atoms with Crippen LogP contribution in [0.25, 0.3) is 5.69 Å². The minimum atomic E-state index is -0.210. The van der Waals surface area contributed by atoms with E-state index in [0.29, 0.717) is 22.2 Å². The van der Waals surface area contributed by atoms with Crippen LogP contribution in [-0.4, -0.2) is 15.7 Å². The molecule has 3 rings (SSSR count). The first-order valence-electron chi connectivity index (χ1n) is 6.96. The number of carbonyl (C=O) groups excluding carboxylic acids is 1. The molecule has 6 heteroatoms. The van der Waals surface area contributed by atoms with Crippen LogP contribution in [0.1, 0.15) is 15.9 Å². The lowest BCUT2D eigenvalue weighted by Gasteiger charge is -2.06. The van der Waals surface area contributed by atoms with Gasteiger partial charge >= 0.3 is 0 Å². The van der Waals surface area contributed by atoms with Crippen LogP contribution in [0.15, 0.2) is 60.9 Å². The second-order valence-corrected chi connectivity index (χ2v) is 5.77. The van der Waals surface area contributed by atoms with E-state index in [1.54, 1.807) is 29.1 Å². The van der Waals surface area contributed by atoms with Crippen LogP contribution in [0.2, 0.25) is 10.0 Å². The van der Waals surface area contributed by atoms with E-state index in [2.05, 4.69) is 10.4 Å². The van der Waals surface area contributed by atoms with E-state index in [0.717, 1.165) is 11.3 Å². The number of nitrogens with one attached hydrogen (secondary N) is 1. The third kappa shape index (κ3) is 3.73. The smallest absolute Gasteiger partial charge is 0.254 e. The predicted octanol–water partition coefficient (Wildman–Crippen LogP) is 4.11. The van der Waals surface area contributed by atoms with Crippen LogP contribution < -0.4 is 5.32 Å². The number of nitrogens with zero attached hydrogens (tertiary/aromatic N) is 2. The first-order chi connectivity index (χ1) is 11.1. The normalized spacial score (nSPS) is 10.5. The average Bonchev–Trinajstić information content (AvgIpc) is 3.05. The van der Waals surface area contributed by atoms with E-state index in [1.165, 1.54) is 6.20 Å². The lowest BCUT2D eigenvalue weighted by molar-refractivity contribution is 0.0951. The molecule has 2 aromatic carbocycles. The molecule has 0 atom stereocenters. The second kappa shape index (κ2) is 6.86. The highest BCUT2D eigenvalue weighted by Gasteiger charge is 2.10. The Morgan fingerprint density at radius 2 is 1.91 bits per heavy atom. The SMILES string of the molecule is O=C(NCc1ccc(Cl)cc1Cl)c1cnn(-c2ccccc2)c1. The molecule has 0 unspecified atom stereocenters. The van der Waals surface area contributed by atoms with Crippen LogP contribution in [0, 0.1) is 0 Å². The molecule has 4 nitrogen and oxygen atoms in total. The van der Waals surface area contributed by atoms with Crippen molar-refractivity contribution in [1.29, 1.82) is 0 Å². The van der Waals surface area contributed by atoms with Crippen molar-refractivity contribution in [2.75, 3.05) is 0 Å². The van der Waals surface area contributed by atoms with Gasteiger partial charge in [0.15, 0.2) is 0 Å². The topological polar surface area (TPSA) is 46.9 Å². The van der Waals surface area contributed by atoms with Crippen molar-refractivity contribution in [2.45, 2.75) is 6.54 Å². The van der Waals surface area contributed by atoms with E-state index in [-0.39, 0.29) is 5.91 Å². The molecule has 0 radical (unpaired) electrons. The van der Waals surface area contributed by atoms with Gasteiger partial charge in [0.25, 0.3) is 5.91 Å². The molecule has 1 N–H and O–H groups in total. The summed E-state index contributed by atoms with van der Waals surface area (Å²) in [5.41, 5.74) is 2.19. The number of carbonyl (C=O) groups is 1. The van der Waals surface area contributed by atoms with Gasteiger partial charge in [-0.1, -0.05) is 47.5 Å². The third-order valence-corrected chi connectivity index (χ3v) is 3.91. The van der Waals surface area contributed by atoms with Crippen molar-refractivity contribution in [3.63, 3.8) is 0 Å². The van der Waals surface area contributed by atoms with Gasteiger partial charge in [-0.2, -0.15) is 5.10 Å². The molecular formula is C17H13Cl2N3O. The Morgan fingerprint density at radius 3 is 2.65 bits per heavy atom. The van der Waals surface area contributed by atoms with Crippen molar-refractivity contribution in [3.05, 3.63) is 82.1 Å². The summed E-state index contributed by atoms with van der Waals surface area (Å²) in [6, 6.07) is 14.8. The number of amides is 1. The van der Waals surface area contributed by atoms with E-state index in [9.17, 15) is 4.79 Å². The molecule has 3 aromatic rings. The maximum atomic E-state index is 12.2. The Balaban J connectivity index is 1.68. The lowest BCUT2D eigenvalue weighted by atomic mass is 10.2. The highest BCUT2D eigenvalue weighted by molar-refractivity contribution is 6.35. The van der Waals surface area contributed by atoms with Gasteiger partial charge in [-0.3, -0.25) is 4.79 Å². The Morgan fingerprint density at radius 1 is 1.13 bits per heavy atom. The molecule has 1 heterocycles. The lowest BCUT2D eigenvalue weighted by Crippen LogP contribution is -2.22. The third-order valence-electron chi connectivity index (χ3n) is 3.32. The summed E-state index contributed by atoms with van der Waals surface area (Å²) < 4.78 is 1.66. The van der Waals surface area contributed by atoms with Gasteiger partial charge in [0, 0.05) is 22.8 Å². The van der Waals surface area contributed by atoms with Gasteiger partial charge in [0.2, 0.25) is 0 Å². The van der Waals surface area contributed by atoms with Gasteiger partial charge in [0.1, 0.15) is 0 Å². The van der Waals surface area contributed by atoms with Crippen molar-refractivity contribution >= 4 is 29.1 Å². The Kier molecular flexibility index (Phi) is 4.65. The Bertz CT molecular complexity index is 831.